The molecule has 0 radical (unpaired) electrons. The maximum Gasteiger partial charge on any atom is 0.243 e. The largest absolute Gasteiger partial charge is 0.348 e. The molecule has 6 heteroatoms. The lowest BCUT2D eigenvalue weighted by atomic mass is 9.89. The molecule has 150 valence electrons. The number of sulfonamides is 1. The van der Waals surface area contributed by atoms with Crippen molar-refractivity contribution in [3.8, 4) is 0 Å². The van der Waals surface area contributed by atoms with Crippen LogP contribution in [-0.2, 0) is 27.7 Å². The van der Waals surface area contributed by atoms with Crippen molar-refractivity contribution < 1.29 is 13.2 Å². The minimum absolute atomic E-state index is 0.209. The second-order valence-electron chi connectivity index (χ2n) is 7.56. The number of benzene rings is 2. The summed E-state index contributed by atoms with van der Waals surface area (Å²) in [7, 11) is -2.09. The Morgan fingerprint density at radius 2 is 1.64 bits per heavy atom. The van der Waals surface area contributed by atoms with Crippen LogP contribution >= 0.6 is 0 Å². The summed E-state index contributed by atoms with van der Waals surface area (Å²) in [5.74, 6) is -0.329. The quantitative estimate of drug-likeness (QED) is 0.808. The number of carbonyl (C=O) groups excluding carboxylic acids is 1. The number of nitrogens with one attached hydrogen (secondary N) is 1. The molecule has 2 aromatic rings. The number of fused-ring (bicyclic) bond motifs is 1. The molecule has 0 saturated heterocycles. The highest BCUT2D eigenvalue weighted by atomic mass is 32.2. The Hall–Kier alpha value is -2.18. The molecule has 0 fully saturated rings. The second kappa shape index (κ2) is 8.45. The van der Waals surface area contributed by atoms with Gasteiger partial charge in [-0.1, -0.05) is 48.5 Å². The zero-order valence-electron chi connectivity index (χ0n) is 16.7. The minimum Gasteiger partial charge on any atom is -0.348 e. The first kappa shape index (κ1) is 20.6. The van der Waals surface area contributed by atoms with Crippen molar-refractivity contribution in [1.82, 2.24) is 9.62 Å². The van der Waals surface area contributed by atoms with Crippen LogP contribution in [0.2, 0.25) is 0 Å². The summed E-state index contributed by atoms with van der Waals surface area (Å²) in [5.41, 5.74) is 4.44. The Bertz CT molecular complexity index is 942. The van der Waals surface area contributed by atoms with E-state index >= 15 is 0 Å². The summed E-state index contributed by atoms with van der Waals surface area (Å²) in [6.07, 6.45) is 5.74. The van der Waals surface area contributed by atoms with Gasteiger partial charge in [-0.05, 0) is 54.9 Å². The van der Waals surface area contributed by atoms with Crippen molar-refractivity contribution in [2.45, 2.75) is 44.7 Å². The van der Waals surface area contributed by atoms with E-state index in [4.69, 9.17) is 0 Å². The highest BCUT2D eigenvalue weighted by Crippen LogP contribution is 2.26. The lowest BCUT2D eigenvalue weighted by molar-refractivity contribution is -0.125. The van der Waals surface area contributed by atoms with Gasteiger partial charge in [0, 0.05) is 7.05 Å². The third kappa shape index (κ3) is 4.62. The second-order valence-corrected chi connectivity index (χ2v) is 9.60. The van der Waals surface area contributed by atoms with Gasteiger partial charge in [0.05, 0.1) is 12.3 Å². The smallest absolute Gasteiger partial charge is 0.243 e. The highest BCUT2D eigenvalue weighted by molar-refractivity contribution is 7.88. The Labute approximate surface area is 167 Å². The summed E-state index contributed by atoms with van der Waals surface area (Å²) in [4.78, 5) is 13.1. The minimum atomic E-state index is -3.54. The van der Waals surface area contributed by atoms with Crippen molar-refractivity contribution >= 4 is 15.9 Å². The molecular weight excluding hydrogens is 372 g/mol. The molecule has 1 amide bonds. The number of aryl methyl sites for hydroxylation is 2. The van der Waals surface area contributed by atoms with E-state index in [1.54, 1.807) is 24.3 Å². The fourth-order valence-corrected chi connectivity index (χ4v) is 4.35. The Kier molecular flexibility index (Phi) is 6.20. The zero-order valence-corrected chi connectivity index (χ0v) is 17.5. The normalized spacial score (nSPS) is 16.3. The van der Waals surface area contributed by atoms with Gasteiger partial charge < -0.3 is 5.32 Å². The summed E-state index contributed by atoms with van der Waals surface area (Å²) >= 11 is 0. The average molecular weight is 401 g/mol. The molecule has 2 aromatic carbocycles. The molecule has 2 atom stereocenters. The standard InChI is InChI=1S/C22H28N2O3S/c1-16(19-14-13-17-9-7-8-12-20(17)15-19)23-22(25)21(24(2)28(3,26)27)18-10-5-4-6-11-18/h4-6,10-11,13-16,21H,7-9,12H2,1-3H3,(H,23,25)/t16-,21+/m1/s1. The van der Waals surface area contributed by atoms with Gasteiger partial charge >= 0.3 is 0 Å². The SMILES string of the molecule is C[C@@H](NC(=O)[C@H](c1ccccc1)N(C)S(C)(=O)=O)c1ccc2c(c1)CCCC2. The van der Waals surface area contributed by atoms with E-state index in [9.17, 15) is 13.2 Å². The number of amides is 1. The summed E-state index contributed by atoms with van der Waals surface area (Å²) in [6, 6.07) is 14.3. The predicted molar refractivity (Wildman–Crippen MR) is 111 cm³/mol. The van der Waals surface area contributed by atoms with Crippen LogP contribution in [0.25, 0.3) is 0 Å². The van der Waals surface area contributed by atoms with Gasteiger partial charge in [-0.15, -0.1) is 0 Å². The number of carbonyl (C=O) groups is 1. The topological polar surface area (TPSA) is 66.5 Å². The number of hydrogen-bond acceptors (Lipinski definition) is 3. The van der Waals surface area contributed by atoms with Crippen LogP contribution in [0.3, 0.4) is 0 Å². The van der Waals surface area contributed by atoms with E-state index in [0.717, 1.165) is 29.0 Å². The van der Waals surface area contributed by atoms with Gasteiger partial charge in [0.2, 0.25) is 15.9 Å². The molecule has 1 aliphatic rings. The van der Waals surface area contributed by atoms with Crippen LogP contribution in [0.1, 0.15) is 54.1 Å². The monoisotopic (exact) mass is 400 g/mol. The van der Waals surface area contributed by atoms with Gasteiger partial charge in [-0.25, -0.2) is 8.42 Å². The lowest BCUT2D eigenvalue weighted by Crippen LogP contribution is -2.42. The molecule has 3 rings (SSSR count). The van der Waals surface area contributed by atoms with Crippen LogP contribution in [0.5, 0.6) is 0 Å². The maximum atomic E-state index is 13.1. The van der Waals surface area contributed by atoms with Gasteiger partial charge in [-0.3, -0.25) is 4.79 Å². The van der Waals surface area contributed by atoms with E-state index in [-0.39, 0.29) is 11.9 Å². The first-order chi connectivity index (χ1) is 13.3. The van der Waals surface area contributed by atoms with Crippen LogP contribution in [0.15, 0.2) is 48.5 Å². The summed E-state index contributed by atoms with van der Waals surface area (Å²) in [5, 5.41) is 3.01. The van der Waals surface area contributed by atoms with Crippen LogP contribution in [-0.4, -0.2) is 31.9 Å². The molecule has 0 unspecified atom stereocenters. The van der Waals surface area contributed by atoms with E-state index < -0.39 is 16.1 Å². The maximum absolute atomic E-state index is 13.1. The molecule has 0 bridgehead atoms. The van der Waals surface area contributed by atoms with Crippen molar-refractivity contribution in [3.05, 3.63) is 70.8 Å². The predicted octanol–water partition coefficient (Wildman–Crippen LogP) is 3.38. The van der Waals surface area contributed by atoms with Crippen LogP contribution in [0, 0.1) is 0 Å². The third-order valence-corrected chi connectivity index (χ3v) is 6.74. The fraction of sp³-hybridized carbons (Fsp3) is 0.409. The van der Waals surface area contributed by atoms with Gasteiger partial charge in [0.25, 0.3) is 0 Å². The van der Waals surface area contributed by atoms with Gasteiger partial charge in [0.1, 0.15) is 6.04 Å². The van der Waals surface area contributed by atoms with Crippen molar-refractivity contribution in [2.24, 2.45) is 0 Å². The van der Waals surface area contributed by atoms with Gasteiger partial charge in [-0.2, -0.15) is 4.31 Å². The number of likely N-dealkylation sites (N-methyl/N-ethyl adjacent to an activating group) is 1. The van der Waals surface area contributed by atoms with E-state index in [2.05, 4.69) is 23.5 Å². The first-order valence-electron chi connectivity index (χ1n) is 9.67. The number of nitrogens with zero attached hydrogens (tertiary/aromatic N) is 1. The summed E-state index contributed by atoms with van der Waals surface area (Å²) < 4.78 is 25.3. The molecule has 0 aromatic heterocycles. The lowest BCUT2D eigenvalue weighted by Gasteiger charge is -2.27. The Morgan fingerprint density at radius 1 is 1.00 bits per heavy atom. The molecule has 1 N–H and O–H groups in total. The van der Waals surface area contributed by atoms with Crippen LogP contribution in [0.4, 0.5) is 0 Å². The first-order valence-corrected chi connectivity index (χ1v) is 11.5. The number of hydrogen-bond donors (Lipinski definition) is 1. The van der Waals surface area contributed by atoms with E-state index in [0.29, 0.717) is 5.56 Å². The molecule has 5 nitrogen and oxygen atoms in total. The average Bonchev–Trinajstić information content (AvgIpc) is 2.67. The molecule has 1 aliphatic carbocycles. The molecule has 28 heavy (non-hydrogen) atoms. The molecule has 0 saturated carbocycles. The van der Waals surface area contributed by atoms with Gasteiger partial charge in [0.15, 0.2) is 0 Å². The van der Waals surface area contributed by atoms with Crippen molar-refractivity contribution in [3.63, 3.8) is 0 Å². The summed E-state index contributed by atoms with van der Waals surface area (Å²) in [6.45, 7) is 1.94. The highest BCUT2D eigenvalue weighted by Gasteiger charge is 2.31. The number of rotatable bonds is 6. The Balaban J connectivity index is 1.83. The van der Waals surface area contributed by atoms with E-state index in [1.165, 1.54) is 31.0 Å². The molecule has 0 spiro atoms. The fourth-order valence-electron chi connectivity index (χ4n) is 3.75. The molecule has 0 aliphatic heterocycles. The Morgan fingerprint density at radius 3 is 2.29 bits per heavy atom. The zero-order chi connectivity index (χ0) is 20.3. The molecular formula is C22H28N2O3S. The van der Waals surface area contributed by atoms with Crippen LogP contribution < -0.4 is 5.32 Å². The van der Waals surface area contributed by atoms with Crippen molar-refractivity contribution in [2.75, 3.05) is 13.3 Å². The molecule has 0 heterocycles. The van der Waals surface area contributed by atoms with E-state index in [1.807, 2.05) is 13.0 Å². The third-order valence-electron chi connectivity index (χ3n) is 5.48. The van der Waals surface area contributed by atoms with Crippen molar-refractivity contribution in [1.29, 1.82) is 0 Å².